The molecule has 4 nitrogen and oxygen atoms in total. The van der Waals surface area contributed by atoms with Gasteiger partial charge >= 0.3 is 12.5 Å². The van der Waals surface area contributed by atoms with E-state index < -0.39 is 18.1 Å². The number of aliphatic imine (C=N–C) groups is 1. The smallest absolute Gasteiger partial charge is 0.406 e. The van der Waals surface area contributed by atoms with Crippen LogP contribution in [0.5, 0.6) is 5.75 Å². The summed E-state index contributed by atoms with van der Waals surface area (Å²) in [5, 5.41) is -0.0707. The highest BCUT2D eigenvalue weighted by molar-refractivity contribution is 7.99. The van der Waals surface area contributed by atoms with Crippen molar-refractivity contribution in [2.24, 2.45) is 4.99 Å². The first-order chi connectivity index (χ1) is 15.5. The number of hydrogen-bond acceptors (Lipinski definition) is 5. The summed E-state index contributed by atoms with van der Waals surface area (Å²) in [6.07, 6.45) is -7.17. The Balaban J connectivity index is 1.88. The Kier molecular flexibility index (Phi) is 7.53. The average molecular weight is 506 g/mol. The number of nitrogens with zero attached hydrogens (tertiary/aromatic N) is 3. The van der Waals surface area contributed by atoms with Gasteiger partial charge < -0.3 is 4.74 Å². The van der Waals surface area contributed by atoms with Crippen molar-refractivity contribution in [2.75, 3.05) is 5.75 Å². The lowest BCUT2D eigenvalue weighted by Gasteiger charge is -2.11. The minimum absolute atomic E-state index is 0.0217. The highest BCUT2D eigenvalue weighted by atomic mass is 35.5. The minimum Gasteiger partial charge on any atom is -0.406 e. The van der Waals surface area contributed by atoms with Gasteiger partial charge in [0, 0.05) is 22.9 Å². The number of hydrogen-bond donors (Lipinski definition) is 0. The van der Waals surface area contributed by atoms with Crippen LogP contribution >= 0.6 is 23.4 Å². The van der Waals surface area contributed by atoms with Crippen LogP contribution in [-0.4, -0.2) is 27.3 Å². The molecular weight excluding hydrogens is 492 g/mol. The van der Waals surface area contributed by atoms with Gasteiger partial charge in [-0.1, -0.05) is 30.7 Å². The van der Waals surface area contributed by atoms with Gasteiger partial charge in [-0.05, 0) is 41.6 Å². The molecule has 0 aliphatic heterocycles. The number of benzene rings is 1. The molecule has 12 heteroatoms. The Morgan fingerprint density at radius 1 is 0.970 bits per heavy atom. The summed E-state index contributed by atoms with van der Waals surface area (Å²) in [4.78, 5) is 12.7. The van der Waals surface area contributed by atoms with Crippen LogP contribution in [0.4, 0.5) is 32.2 Å². The maximum atomic E-state index is 12.7. The van der Waals surface area contributed by atoms with Crippen LogP contribution in [0, 0.1) is 0 Å². The molecule has 0 amide bonds. The molecule has 0 unspecified atom stereocenters. The summed E-state index contributed by atoms with van der Waals surface area (Å²) in [7, 11) is 0. The van der Waals surface area contributed by atoms with Crippen LogP contribution in [0.1, 0.15) is 18.2 Å². The number of thioether (sulfide) groups is 1. The van der Waals surface area contributed by atoms with Crippen LogP contribution in [0.15, 0.2) is 64.7 Å². The third-order valence-electron chi connectivity index (χ3n) is 4.06. The molecule has 0 aliphatic rings. The zero-order valence-electron chi connectivity index (χ0n) is 16.7. The summed E-state index contributed by atoms with van der Waals surface area (Å²) >= 11 is 7.68. The monoisotopic (exact) mass is 505 g/mol. The molecule has 0 saturated carbocycles. The molecule has 2 heterocycles. The quantitative estimate of drug-likeness (QED) is 0.198. The van der Waals surface area contributed by atoms with Gasteiger partial charge in [-0.25, -0.2) is 9.98 Å². The van der Waals surface area contributed by atoms with E-state index in [9.17, 15) is 26.3 Å². The maximum absolute atomic E-state index is 12.7. The van der Waals surface area contributed by atoms with Crippen LogP contribution in [-0.2, 0) is 6.18 Å². The Labute approximate surface area is 193 Å². The first-order valence-corrected chi connectivity index (χ1v) is 10.6. The fraction of sp³-hybridized carbons (Fsp3) is 0.190. The highest BCUT2D eigenvalue weighted by Gasteiger charge is 2.31. The topological polar surface area (TPSA) is 47.4 Å². The fourth-order valence-corrected chi connectivity index (χ4v) is 3.75. The van der Waals surface area contributed by atoms with E-state index >= 15 is 0 Å². The lowest BCUT2D eigenvalue weighted by molar-refractivity contribution is -0.274. The summed E-state index contributed by atoms with van der Waals surface area (Å²) in [6, 6.07) is 8.98. The SMILES string of the molecule is CCSc1cc(-c2ccc(OC(F)(F)F)cc2)cnc1C(Cl)=Nc1ccc(C(F)(F)F)cn1. The van der Waals surface area contributed by atoms with E-state index in [1.807, 2.05) is 6.92 Å². The number of halogens is 7. The van der Waals surface area contributed by atoms with Crippen molar-refractivity contribution in [3.05, 3.63) is 66.1 Å². The summed E-state index contributed by atoms with van der Waals surface area (Å²) in [5.41, 5.74) is 0.601. The number of ether oxygens (including phenoxy) is 1. The van der Waals surface area contributed by atoms with Gasteiger partial charge in [0.25, 0.3) is 0 Å². The van der Waals surface area contributed by atoms with Crippen LogP contribution in [0.3, 0.4) is 0 Å². The molecule has 0 atom stereocenters. The predicted octanol–water partition coefficient (Wildman–Crippen LogP) is 7.49. The number of pyridine rings is 2. The van der Waals surface area contributed by atoms with Crippen LogP contribution in [0.2, 0.25) is 0 Å². The molecule has 3 rings (SSSR count). The lowest BCUT2D eigenvalue weighted by atomic mass is 10.1. The maximum Gasteiger partial charge on any atom is 0.573 e. The highest BCUT2D eigenvalue weighted by Crippen LogP contribution is 2.32. The molecule has 174 valence electrons. The van der Waals surface area contributed by atoms with Gasteiger partial charge in [-0.15, -0.1) is 24.9 Å². The van der Waals surface area contributed by atoms with Crippen molar-refractivity contribution in [3.8, 4) is 16.9 Å². The lowest BCUT2D eigenvalue weighted by Crippen LogP contribution is -2.16. The van der Waals surface area contributed by atoms with E-state index in [4.69, 9.17) is 11.6 Å². The molecule has 0 fully saturated rings. The second-order valence-corrected chi connectivity index (χ2v) is 8.05. The molecule has 0 radical (unpaired) electrons. The summed E-state index contributed by atoms with van der Waals surface area (Å²) in [5.74, 6) is 0.281. The standard InChI is InChI=1S/C21H14ClF6N3OS/c1-2-33-16-9-13(12-3-6-15(7-4-12)32-21(26,27)28)10-30-18(16)19(22)31-17-8-5-14(11-29-17)20(23,24)25/h3-11H,2H2,1H3. The second-order valence-electron chi connectivity index (χ2n) is 6.38. The van der Waals surface area contributed by atoms with Crippen molar-refractivity contribution in [2.45, 2.75) is 24.4 Å². The zero-order chi connectivity index (χ0) is 24.2. The number of rotatable bonds is 6. The Hall–Kier alpha value is -2.79. The van der Waals surface area contributed by atoms with Gasteiger partial charge in [0.2, 0.25) is 0 Å². The van der Waals surface area contributed by atoms with Gasteiger partial charge in [0.05, 0.1) is 5.56 Å². The molecule has 0 saturated heterocycles. The van der Waals surface area contributed by atoms with E-state index in [1.54, 1.807) is 6.07 Å². The van der Waals surface area contributed by atoms with E-state index in [0.717, 1.165) is 12.1 Å². The van der Waals surface area contributed by atoms with Gasteiger partial charge in [0.15, 0.2) is 11.0 Å². The van der Waals surface area contributed by atoms with E-state index in [-0.39, 0.29) is 16.7 Å². The van der Waals surface area contributed by atoms with E-state index in [2.05, 4.69) is 19.7 Å². The number of aromatic nitrogens is 2. The van der Waals surface area contributed by atoms with Crippen molar-refractivity contribution >= 4 is 34.4 Å². The fourth-order valence-electron chi connectivity index (χ4n) is 2.65. The molecule has 2 aromatic heterocycles. The van der Waals surface area contributed by atoms with Crippen molar-refractivity contribution in [1.29, 1.82) is 0 Å². The summed E-state index contributed by atoms with van der Waals surface area (Å²) < 4.78 is 78.9. The molecular formula is C21H14ClF6N3OS. The van der Waals surface area contributed by atoms with Crippen molar-refractivity contribution in [3.63, 3.8) is 0 Å². The third-order valence-corrected chi connectivity index (χ3v) is 5.23. The average Bonchev–Trinajstić information content (AvgIpc) is 2.73. The first kappa shape index (κ1) is 24.8. The van der Waals surface area contributed by atoms with E-state index in [1.165, 1.54) is 42.2 Å². The van der Waals surface area contributed by atoms with Gasteiger partial charge in [0.1, 0.15) is 11.4 Å². The molecule has 0 bridgehead atoms. The van der Waals surface area contributed by atoms with Crippen LogP contribution in [0.25, 0.3) is 11.1 Å². The molecule has 3 aromatic rings. The van der Waals surface area contributed by atoms with Gasteiger partial charge in [-0.3, -0.25) is 4.98 Å². The largest absolute Gasteiger partial charge is 0.573 e. The van der Waals surface area contributed by atoms with Crippen molar-refractivity contribution in [1.82, 2.24) is 9.97 Å². The third kappa shape index (κ3) is 6.84. The van der Waals surface area contributed by atoms with Crippen LogP contribution < -0.4 is 4.74 Å². The summed E-state index contributed by atoms with van der Waals surface area (Å²) in [6.45, 7) is 1.90. The normalized spacial score (nSPS) is 12.7. The number of alkyl halides is 6. The Morgan fingerprint density at radius 2 is 1.67 bits per heavy atom. The predicted molar refractivity (Wildman–Crippen MR) is 114 cm³/mol. The molecule has 0 aliphatic carbocycles. The molecule has 0 spiro atoms. The second kappa shape index (κ2) is 10.0. The zero-order valence-corrected chi connectivity index (χ0v) is 18.3. The Bertz CT molecular complexity index is 1130. The minimum atomic E-state index is -4.78. The molecule has 0 N–H and O–H groups in total. The van der Waals surface area contributed by atoms with Gasteiger partial charge in [-0.2, -0.15) is 13.2 Å². The first-order valence-electron chi connectivity index (χ1n) is 9.23. The van der Waals surface area contributed by atoms with E-state index in [0.29, 0.717) is 33.7 Å². The Morgan fingerprint density at radius 3 is 2.21 bits per heavy atom. The molecule has 33 heavy (non-hydrogen) atoms. The van der Waals surface area contributed by atoms with Crippen molar-refractivity contribution < 1.29 is 31.1 Å². The molecule has 1 aromatic carbocycles.